The van der Waals surface area contributed by atoms with Crippen molar-refractivity contribution in [3.8, 4) is 17.2 Å². The number of benzene rings is 2. The molecule has 0 aliphatic carbocycles. The Balaban J connectivity index is 0.000000557. The van der Waals surface area contributed by atoms with Gasteiger partial charge in [-0.1, -0.05) is 0 Å². The predicted octanol–water partition coefficient (Wildman–Crippen LogP) is 1.98. The minimum atomic E-state index is -1.26. The zero-order valence-electron chi connectivity index (χ0n) is 24.3. The van der Waals surface area contributed by atoms with Crippen molar-refractivity contribution in [3.05, 3.63) is 58.5 Å². The lowest BCUT2D eigenvalue weighted by atomic mass is 9.97. The van der Waals surface area contributed by atoms with Crippen LogP contribution in [0.2, 0.25) is 0 Å². The summed E-state index contributed by atoms with van der Waals surface area (Å²) in [5, 5.41) is 42.5. The lowest BCUT2D eigenvalue weighted by molar-refractivity contribution is -0.134. The van der Waals surface area contributed by atoms with Gasteiger partial charge in [0.25, 0.3) is 5.91 Å². The molecule has 0 unspecified atom stereocenters. The quantitative estimate of drug-likeness (QED) is 0.176. The third-order valence-electron chi connectivity index (χ3n) is 6.76. The van der Waals surface area contributed by atoms with E-state index in [1.807, 2.05) is 32.0 Å². The Kier molecular flexibility index (Phi) is 10.6. The Labute approximate surface area is 246 Å². The second-order valence-corrected chi connectivity index (χ2v) is 10.5. The van der Waals surface area contributed by atoms with Gasteiger partial charge in [0.1, 0.15) is 17.2 Å². The Morgan fingerprint density at radius 1 is 1.14 bits per heavy atom. The molecule has 2 aromatic carbocycles. The van der Waals surface area contributed by atoms with E-state index in [1.165, 1.54) is 12.1 Å². The molecule has 1 aromatic heterocycles. The van der Waals surface area contributed by atoms with E-state index in [1.54, 1.807) is 23.3 Å². The molecular formula is C29H36N4O10. The molecule has 0 radical (unpaired) electrons. The molecule has 1 aliphatic heterocycles. The number of methoxy groups -OCH3 is 1. The predicted molar refractivity (Wildman–Crippen MR) is 157 cm³/mol. The van der Waals surface area contributed by atoms with Crippen LogP contribution in [-0.4, -0.2) is 73.2 Å². The molecule has 1 aliphatic rings. The highest BCUT2D eigenvalue weighted by molar-refractivity contribution is 5.96. The van der Waals surface area contributed by atoms with Gasteiger partial charge >= 0.3 is 17.6 Å². The van der Waals surface area contributed by atoms with E-state index in [-0.39, 0.29) is 36.0 Å². The van der Waals surface area contributed by atoms with Gasteiger partial charge in [-0.25, -0.2) is 14.4 Å². The number of rotatable bonds is 11. The van der Waals surface area contributed by atoms with E-state index in [0.29, 0.717) is 41.4 Å². The average Bonchev–Trinajstić information content (AvgIpc) is 3.18. The molecular weight excluding hydrogens is 564 g/mol. The molecule has 43 heavy (non-hydrogen) atoms. The smallest absolute Gasteiger partial charge is 0.328 e. The number of aromatic hydroxyl groups is 1. The summed E-state index contributed by atoms with van der Waals surface area (Å²) in [6.45, 7) is 4.70. The Morgan fingerprint density at radius 2 is 1.81 bits per heavy atom. The number of ether oxygens (including phenoxy) is 2. The molecule has 0 spiro atoms. The molecule has 232 valence electrons. The maximum absolute atomic E-state index is 12.8. The number of anilines is 1. The van der Waals surface area contributed by atoms with E-state index >= 15 is 0 Å². The fourth-order valence-corrected chi connectivity index (χ4v) is 4.58. The summed E-state index contributed by atoms with van der Waals surface area (Å²) >= 11 is 0. The topological polar surface area (TPSA) is 202 Å². The Bertz CT molecular complexity index is 1570. The lowest BCUT2D eigenvalue weighted by Gasteiger charge is -2.29. The molecule has 3 aromatic rings. The fraction of sp³-hybridized carbons (Fsp3) is 0.379. The van der Waals surface area contributed by atoms with Crippen LogP contribution in [-0.2, 0) is 28.0 Å². The van der Waals surface area contributed by atoms with Crippen molar-refractivity contribution >= 4 is 34.6 Å². The minimum Gasteiger partial charge on any atom is -0.508 e. The molecule has 2 heterocycles. The number of aliphatic hydroxyl groups is 1. The number of aromatic nitrogens is 2. The number of fused-ring (bicyclic) bond motifs is 2. The highest BCUT2D eigenvalue weighted by atomic mass is 16.5. The number of β-amino-alcohol motifs (C(OH)–C–C–N with tert-alkyl or cyclic N) is 1. The first-order chi connectivity index (χ1) is 20.2. The number of phenolic OH excluding ortho intramolecular Hbond substituents is 1. The van der Waals surface area contributed by atoms with Gasteiger partial charge in [0.2, 0.25) is 0 Å². The molecule has 6 N–H and O–H groups in total. The number of hydrogen-bond donors (Lipinski definition) is 6. The van der Waals surface area contributed by atoms with Crippen molar-refractivity contribution in [2.75, 3.05) is 25.6 Å². The number of amides is 1. The number of carboxylic acid groups (broad SMARTS) is 2. The van der Waals surface area contributed by atoms with Gasteiger partial charge in [-0.05, 0) is 44.9 Å². The number of aryl methyl sites for hydroxylation is 2. The summed E-state index contributed by atoms with van der Waals surface area (Å²) < 4.78 is 14.2. The maximum atomic E-state index is 12.8. The second-order valence-electron chi connectivity index (χ2n) is 10.5. The molecule has 0 saturated heterocycles. The first kappa shape index (κ1) is 32.7. The number of imidazole rings is 1. The maximum Gasteiger partial charge on any atom is 0.328 e. The average molecular weight is 601 g/mol. The van der Waals surface area contributed by atoms with Gasteiger partial charge in [0, 0.05) is 55.5 Å². The largest absolute Gasteiger partial charge is 0.508 e. The van der Waals surface area contributed by atoms with Gasteiger partial charge in [-0.3, -0.25) is 13.9 Å². The van der Waals surface area contributed by atoms with Crippen LogP contribution in [0.1, 0.15) is 38.4 Å². The van der Waals surface area contributed by atoms with E-state index in [4.69, 9.17) is 19.7 Å². The number of aliphatic hydroxyl groups excluding tert-OH is 1. The standard InChI is InChI=1S/C25H32N4O6.C4H4O4/c1-25(2,8-5-9-29-19-7-6-16(34-4)12-20(19)28(3)24(29)33)26-13-21(31)17-10-15(30)11-18-23(17)35-14-22(32)27-18;5-3(6)1-2-4(7)8/h6-7,10-12,21,26,30-31H,5,8-9,13-14H2,1-4H3,(H,27,32);1-2H,(H,5,6)(H,7,8)/b;2-1-/t21-;/m0./s1. The van der Waals surface area contributed by atoms with Crippen LogP contribution >= 0.6 is 0 Å². The third kappa shape index (κ3) is 8.59. The Hall–Kier alpha value is -4.82. The molecule has 14 heteroatoms. The first-order valence-corrected chi connectivity index (χ1v) is 13.3. The highest BCUT2D eigenvalue weighted by Gasteiger charge is 2.26. The second kappa shape index (κ2) is 13.9. The lowest BCUT2D eigenvalue weighted by Crippen LogP contribution is -2.42. The molecule has 4 rings (SSSR count). The van der Waals surface area contributed by atoms with E-state index in [0.717, 1.165) is 23.9 Å². The van der Waals surface area contributed by atoms with Crippen LogP contribution in [0.5, 0.6) is 17.2 Å². The Morgan fingerprint density at radius 3 is 2.44 bits per heavy atom. The zero-order valence-corrected chi connectivity index (χ0v) is 24.3. The molecule has 14 nitrogen and oxygen atoms in total. The van der Waals surface area contributed by atoms with Crippen molar-refractivity contribution in [3.63, 3.8) is 0 Å². The number of nitrogens with zero attached hydrogens (tertiary/aromatic N) is 2. The van der Waals surface area contributed by atoms with Gasteiger partial charge in [-0.2, -0.15) is 0 Å². The number of aliphatic carboxylic acids is 2. The minimum absolute atomic E-state index is 0.0685. The first-order valence-electron chi connectivity index (χ1n) is 13.3. The van der Waals surface area contributed by atoms with Crippen LogP contribution in [0.15, 0.2) is 47.3 Å². The summed E-state index contributed by atoms with van der Waals surface area (Å²) in [6, 6.07) is 8.44. The third-order valence-corrected chi connectivity index (χ3v) is 6.76. The van der Waals surface area contributed by atoms with Crippen molar-refractivity contribution in [1.29, 1.82) is 0 Å². The van der Waals surface area contributed by atoms with Gasteiger partial charge in [0.15, 0.2) is 6.61 Å². The monoisotopic (exact) mass is 600 g/mol. The number of carboxylic acids is 2. The summed E-state index contributed by atoms with van der Waals surface area (Å²) in [5.74, 6) is -1.83. The molecule has 1 atom stereocenters. The van der Waals surface area contributed by atoms with Gasteiger partial charge in [-0.15, -0.1) is 0 Å². The molecule has 0 fully saturated rings. The van der Waals surface area contributed by atoms with Crippen molar-refractivity contribution < 1.29 is 44.3 Å². The molecule has 1 amide bonds. The normalized spacial score (nSPS) is 13.5. The highest BCUT2D eigenvalue weighted by Crippen LogP contribution is 2.38. The van der Waals surface area contributed by atoms with Crippen LogP contribution in [0.4, 0.5) is 5.69 Å². The summed E-state index contributed by atoms with van der Waals surface area (Å²) in [5.41, 5.74) is 2.02. The zero-order chi connectivity index (χ0) is 31.9. The summed E-state index contributed by atoms with van der Waals surface area (Å²) in [6.07, 6.45) is 1.66. The van der Waals surface area contributed by atoms with Crippen molar-refractivity contribution in [2.45, 2.75) is 44.9 Å². The number of carbonyl (C=O) groups is 3. The van der Waals surface area contributed by atoms with E-state index in [2.05, 4.69) is 10.6 Å². The van der Waals surface area contributed by atoms with Crippen molar-refractivity contribution in [2.24, 2.45) is 7.05 Å². The molecule has 0 saturated carbocycles. The molecule has 0 bridgehead atoms. The van der Waals surface area contributed by atoms with Gasteiger partial charge < -0.3 is 40.5 Å². The van der Waals surface area contributed by atoms with Gasteiger partial charge in [0.05, 0.1) is 29.9 Å². The van der Waals surface area contributed by atoms with Crippen LogP contribution in [0.3, 0.4) is 0 Å². The van der Waals surface area contributed by atoms with Crippen LogP contribution < -0.4 is 25.8 Å². The number of phenols is 1. The summed E-state index contributed by atoms with van der Waals surface area (Å²) in [4.78, 5) is 43.4. The van der Waals surface area contributed by atoms with E-state index < -0.39 is 18.0 Å². The number of nitrogens with one attached hydrogen (secondary N) is 2. The SMILES string of the molecule is COc1ccc2c(c1)n(C)c(=O)n2CCCC(C)(C)NC[C@H](O)c1cc(O)cc2c1OCC(=O)N2.O=C(O)/C=C\C(=O)O. The fourth-order valence-electron chi connectivity index (χ4n) is 4.58. The number of hydrogen-bond acceptors (Lipinski definition) is 9. The van der Waals surface area contributed by atoms with E-state index in [9.17, 15) is 29.4 Å². The van der Waals surface area contributed by atoms with Crippen LogP contribution in [0, 0.1) is 0 Å². The summed E-state index contributed by atoms with van der Waals surface area (Å²) in [7, 11) is 3.35. The van der Waals surface area contributed by atoms with Crippen molar-refractivity contribution in [1.82, 2.24) is 14.5 Å². The number of carbonyl (C=O) groups excluding carboxylic acids is 1. The van der Waals surface area contributed by atoms with Crippen LogP contribution in [0.25, 0.3) is 11.0 Å².